The van der Waals surface area contributed by atoms with Gasteiger partial charge >= 0.3 is 0 Å². The van der Waals surface area contributed by atoms with E-state index in [4.69, 9.17) is 0 Å². The Hall–Kier alpha value is -1.35. The van der Waals surface area contributed by atoms with Crippen molar-refractivity contribution in [2.24, 2.45) is 5.41 Å². The molecule has 0 radical (unpaired) electrons. The Kier molecular flexibility index (Phi) is 5.40. The normalized spacial score (nSPS) is 20.8. The van der Waals surface area contributed by atoms with Gasteiger partial charge in [0, 0.05) is 0 Å². The average molecular weight is 288 g/mol. The van der Waals surface area contributed by atoms with Gasteiger partial charge in [0.15, 0.2) is 0 Å². The molecule has 1 unspecified atom stereocenters. The predicted molar refractivity (Wildman–Crippen MR) is 87.0 cm³/mol. The van der Waals surface area contributed by atoms with Crippen LogP contribution in [0.3, 0.4) is 0 Å². The molecule has 3 nitrogen and oxygen atoms in total. The van der Waals surface area contributed by atoms with Gasteiger partial charge in [-0.3, -0.25) is 4.79 Å². The van der Waals surface area contributed by atoms with E-state index in [1.807, 2.05) is 18.2 Å². The number of nitrogens with one attached hydrogen (secondary N) is 2. The van der Waals surface area contributed by atoms with Crippen molar-refractivity contribution in [3.05, 3.63) is 35.9 Å². The summed E-state index contributed by atoms with van der Waals surface area (Å²) in [5.41, 5.74) is 1.37. The van der Waals surface area contributed by atoms with Crippen LogP contribution in [0.4, 0.5) is 0 Å². The summed E-state index contributed by atoms with van der Waals surface area (Å²) in [7, 11) is 0. The van der Waals surface area contributed by atoms with Crippen molar-refractivity contribution in [1.29, 1.82) is 0 Å². The van der Waals surface area contributed by atoms with E-state index < -0.39 is 0 Å². The highest BCUT2D eigenvalue weighted by molar-refractivity contribution is 5.82. The smallest absolute Gasteiger partial charge is 0.237 e. The molecule has 1 aromatic carbocycles. The first-order chi connectivity index (χ1) is 9.96. The molecule has 1 heterocycles. The van der Waals surface area contributed by atoms with Gasteiger partial charge in [0.25, 0.3) is 0 Å². The molecular formula is C18H28N2O. The quantitative estimate of drug-likeness (QED) is 0.891. The predicted octanol–water partition coefficient (Wildman–Crippen LogP) is 3.42. The highest BCUT2D eigenvalue weighted by Gasteiger charge is 2.26. The van der Waals surface area contributed by atoms with E-state index in [1.54, 1.807) is 0 Å². The van der Waals surface area contributed by atoms with Crippen molar-refractivity contribution >= 4 is 5.91 Å². The van der Waals surface area contributed by atoms with E-state index >= 15 is 0 Å². The van der Waals surface area contributed by atoms with Gasteiger partial charge in [-0.2, -0.15) is 0 Å². The summed E-state index contributed by atoms with van der Waals surface area (Å²) in [6.45, 7) is 7.60. The van der Waals surface area contributed by atoms with Gasteiger partial charge in [-0.05, 0) is 36.8 Å². The van der Waals surface area contributed by atoms with Crippen molar-refractivity contribution in [2.45, 2.75) is 58.5 Å². The summed E-state index contributed by atoms with van der Waals surface area (Å²) in [5, 5.41) is 6.58. The van der Waals surface area contributed by atoms with Crippen molar-refractivity contribution in [2.75, 3.05) is 6.54 Å². The maximum atomic E-state index is 12.5. The molecule has 2 N–H and O–H groups in total. The first kappa shape index (κ1) is 16.0. The van der Waals surface area contributed by atoms with Crippen LogP contribution in [0.25, 0.3) is 0 Å². The highest BCUT2D eigenvalue weighted by atomic mass is 16.2. The van der Waals surface area contributed by atoms with Crippen molar-refractivity contribution < 1.29 is 4.79 Å². The number of hydrogen-bond donors (Lipinski definition) is 2. The summed E-state index contributed by atoms with van der Waals surface area (Å²) < 4.78 is 0. The lowest BCUT2D eigenvalue weighted by Gasteiger charge is -2.30. The molecule has 0 bridgehead atoms. The first-order valence-corrected chi connectivity index (χ1v) is 8.04. The number of rotatable bonds is 4. The van der Waals surface area contributed by atoms with Gasteiger partial charge in [-0.25, -0.2) is 0 Å². The maximum absolute atomic E-state index is 12.5. The average Bonchev–Trinajstić information content (AvgIpc) is 2.47. The fraction of sp³-hybridized carbons (Fsp3) is 0.611. The van der Waals surface area contributed by atoms with Crippen LogP contribution in [0.1, 0.15) is 58.1 Å². The lowest BCUT2D eigenvalue weighted by Crippen LogP contribution is -2.47. The number of hydrogen-bond acceptors (Lipinski definition) is 2. The largest absolute Gasteiger partial charge is 0.348 e. The zero-order chi connectivity index (χ0) is 15.3. The zero-order valence-corrected chi connectivity index (χ0v) is 13.5. The van der Waals surface area contributed by atoms with Gasteiger partial charge in [0.2, 0.25) is 5.91 Å². The molecule has 1 aliphatic rings. The second-order valence-electron chi connectivity index (χ2n) is 7.24. The monoisotopic (exact) mass is 288 g/mol. The van der Waals surface area contributed by atoms with E-state index in [2.05, 4.69) is 43.5 Å². The van der Waals surface area contributed by atoms with E-state index in [1.165, 1.54) is 12.0 Å². The number of carbonyl (C=O) groups excluding carboxylic acids is 1. The molecular weight excluding hydrogens is 260 g/mol. The Morgan fingerprint density at radius 1 is 1.29 bits per heavy atom. The van der Waals surface area contributed by atoms with Crippen LogP contribution in [0.15, 0.2) is 30.3 Å². The van der Waals surface area contributed by atoms with Crippen LogP contribution in [0.2, 0.25) is 0 Å². The summed E-state index contributed by atoms with van der Waals surface area (Å²) in [6.07, 6.45) is 4.20. The molecule has 21 heavy (non-hydrogen) atoms. The molecule has 1 fully saturated rings. The molecule has 0 saturated carbocycles. The van der Waals surface area contributed by atoms with Gasteiger partial charge in [0.05, 0.1) is 12.1 Å². The number of piperidine rings is 1. The lowest BCUT2D eigenvalue weighted by molar-refractivity contribution is -0.124. The van der Waals surface area contributed by atoms with Crippen LogP contribution in [0.5, 0.6) is 0 Å². The molecule has 3 heteroatoms. The van der Waals surface area contributed by atoms with Gasteiger partial charge < -0.3 is 10.6 Å². The minimum absolute atomic E-state index is 0.0232. The Morgan fingerprint density at radius 3 is 2.57 bits per heavy atom. The van der Waals surface area contributed by atoms with Gasteiger partial charge in [-0.1, -0.05) is 57.5 Å². The van der Waals surface area contributed by atoms with Crippen LogP contribution >= 0.6 is 0 Å². The molecule has 0 spiro atoms. The van der Waals surface area contributed by atoms with E-state index in [0.29, 0.717) is 0 Å². The topological polar surface area (TPSA) is 41.1 Å². The third kappa shape index (κ3) is 5.16. The Morgan fingerprint density at radius 2 is 2.00 bits per heavy atom. The number of amides is 1. The van der Waals surface area contributed by atoms with Crippen molar-refractivity contribution in [1.82, 2.24) is 10.6 Å². The Labute approximate surface area is 128 Å². The van der Waals surface area contributed by atoms with E-state index in [0.717, 1.165) is 25.8 Å². The maximum Gasteiger partial charge on any atom is 0.237 e. The van der Waals surface area contributed by atoms with E-state index in [9.17, 15) is 4.79 Å². The number of carbonyl (C=O) groups is 1. The lowest BCUT2D eigenvalue weighted by atomic mass is 9.85. The fourth-order valence-corrected chi connectivity index (χ4v) is 2.90. The fourth-order valence-electron chi connectivity index (χ4n) is 2.90. The molecule has 1 aromatic rings. The van der Waals surface area contributed by atoms with Crippen LogP contribution in [0, 0.1) is 5.41 Å². The summed E-state index contributed by atoms with van der Waals surface area (Å²) in [4.78, 5) is 12.5. The zero-order valence-electron chi connectivity index (χ0n) is 13.5. The van der Waals surface area contributed by atoms with Gasteiger partial charge in [-0.15, -0.1) is 0 Å². The summed E-state index contributed by atoms with van der Waals surface area (Å²) in [5.74, 6) is 0.146. The second kappa shape index (κ2) is 7.08. The summed E-state index contributed by atoms with van der Waals surface area (Å²) in [6, 6.07) is 10.4. The molecule has 0 aromatic heterocycles. The number of benzene rings is 1. The van der Waals surface area contributed by atoms with Crippen molar-refractivity contribution in [3.8, 4) is 0 Å². The van der Waals surface area contributed by atoms with Crippen LogP contribution in [-0.4, -0.2) is 18.5 Å². The Balaban J connectivity index is 2.06. The molecule has 1 saturated heterocycles. The molecule has 1 aliphatic heterocycles. The van der Waals surface area contributed by atoms with Crippen LogP contribution < -0.4 is 10.6 Å². The van der Waals surface area contributed by atoms with Crippen LogP contribution in [-0.2, 0) is 4.79 Å². The Bertz CT molecular complexity index is 444. The first-order valence-electron chi connectivity index (χ1n) is 8.04. The SMILES string of the molecule is CC(C)(C)CC(NC(=O)[C@@H]1CCCCN1)c1ccccc1. The molecule has 0 aliphatic carbocycles. The summed E-state index contributed by atoms with van der Waals surface area (Å²) >= 11 is 0. The van der Waals surface area contributed by atoms with Crippen molar-refractivity contribution in [3.63, 3.8) is 0 Å². The van der Waals surface area contributed by atoms with Gasteiger partial charge in [0.1, 0.15) is 0 Å². The highest BCUT2D eigenvalue weighted by Crippen LogP contribution is 2.29. The van der Waals surface area contributed by atoms with E-state index in [-0.39, 0.29) is 23.4 Å². The molecule has 1 amide bonds. The molecule has 116 valence electrons. The third-order valence-electron chi connectivity index (χ3n) is 3.96. The molecule has 2 atom stereocenters. The molecule has 2 rings (SSSR count). The minimum Gasteiger partial charge on any atom is -0.348 e. The second-order valence-corrected chi connectivity index (χ2v) is 7.24. The standard InChI is InChI=1S/C18H28N2O/c1-18(2,3)13-16(14-9-5-4-6-10-14)20-17(21)15-11-7-8-12-19-15/h4-6,9-10,15-16,19H,7-8,11-13H2,1-3H3,(H,20,21)/t15-,16?/m0/s1. The third-order valence-corrected chi connectivity index (χ3v) is 3.96. The minimum atomic E-state index is -0.0232.